The molecular weight excluding hydrogens is 296 g/mol. The standard InChI is InChI=1S/C17H23ClN4/c1-4-5-6-9-19-17-20-13(3)10-16(22-17)21-15-11-14(18)8-7-12(15)2/h7-8,10-11H,4-6,9H2,1-3H3,(H2,19,20,21,22). The van der Waals surface area contributed by atoms with Crippen molar-refractivity contribution < 1.29 is 0 Å². The van der Waals surface area contributed by atoms with Gasteiger partial charge in [0.1, 0.15) is 5.82 Å². The van der Waals surface area contributed by atoms with Crippen molar-refractivity contribution >= 4 is 29.1 Å². The maximum absolute atomic E-state index is 6.06. The van der Waals surface area contributed by atoms with Crippen molar-refractivity contribution in [2.75, 3.05) is 17.2 Å². The van der Waals surface area contributed by atoms with Crippen molar-refractivity contribution in [3.05, 3.63) is 40.5 Å². The average Bonchev–Trinajstić information content (AvgIpc) is 2.47. The Hall–Kier alpha value is -1.81. The Bertz CT molecular complexity index is 628. The number of nitrogens with zero attached hydrogens (tertiary/aromatic N) is 2. The van der Waals surface area contributed by atoms with E-state index in [4.69, 9.17) is 11.6 Å². The lowest BCUT2D eigenvalue weighted by Crippen LogP contribution is -2.07. The number of anilines is 3. The lowest BCUT2D eigenvalue weighted by Gasteiger charge is -2.12. The summed E-state index contributed by atoms with van der Waals surface area (Å²) in [4.78, 5) is 8.95. The van der Waals surface area contributed by atoms with Crippen molar-refractivity contribution in [3.63, 3.8) is 0 Å². The van der Waals surface area contributed by atoms with E-state index in [0.717, 1.165) is 35.7 Å². The number of rotatable bonds is 7. The van der Waals surface area contributed by atoms with E-state index in [0.29, 0.717) is 11.0 Å². The van der Waals surface area contributed by atoms with Crippen molar-refractivity contribution in [1.82, 2.24) is 9.97 Å². The van der Waals surface area contributed by atoms with Crippen LogP contribution in [0.15, 0.2) is 24.3 Å². The molecule has 0 atom stereocenters. The van der Waals surface area contributed by atoms with Crippen molar-refractivity contribution in [1.29, 1.82) is 0 Å². The van der Waals surface area contributed by atoms with Gasteiger partial charge in [-0.05, 0) is 38.0 Å². The SMILES string of the molecule is CCCCCNc1nc(C)cc(Nc2cc(Cl)ccc2C)n1. The van der Waals surface area contributed by atoms with Gasteiger partial charge >= 0.3 is 0 Å². The molecule has 0 aliphatic rings. The molecule has 0 aliphatic heterocycles. The summed E-state index contributed by atoms with van der Waals surface area (Å²) in [6.45, 7) is 7.09. The number of aryl methyl sites for hydroxylation is 2. The largest absolute Gasteiger partial charge is 0.354 e. The molecule has 0 fully saturated rings. The van der Waals surface area contributed by atoms with E-state index >= 15 is 0 Å². The van der Waals surface area contributed by atoms with Crippen LogP contribution in [0.3, 0.4) is 0 Å². The van der Waals surface area contributed by atoms with E-state index in [1.54, 1.807) is 0 Å². The van der Waals surface area contributed by atoms with Gasteiger partial charge in [0.05, 0.1) is 0 Å². The fourth-order valence-corrected chi connectivity index (χ4v) is 2.33. The van der Waals surface area contributed by atoms with Crippen LogP contribution in [0.1, 0.15) is 37.4 Å². The molecule has 1 aromatic heterocycles. The molecule has 1 aromatic carbocycles. The zero-order valence-corrected chi connectivity index (χ0v) is 14.2. The predicted molar refractivity (Wildman–Crippen MR) is 94.3 cm³/mol. The maximum atomic E-state index is 6.06. The summed E-state index contributed by atoms with van der Waals surface area (Å²) in [6, 6.07) is 7.71. The first-order chi connectivity index (χ1) is 10.6. The summed E-state index contributed by atoms with van der Waals surface area (Å²) in [5.74, 6) is 1.44. The lowest BCUT2D eigenvalue weighted by atomic mass is 10.2. The third kappa shape index (κ3) is 4.88. The normalized spacial score (nSPS) is 10.5. The van der Waals surface area contributed by atoms with Crippen LogP contribution in [-0.2, 0) is 0 Å². The highest BCUT2D eigenvalue weighted by Gasteiger charge is 2.05. The molecule has 0 aliphatic carbocycles. The Morgan fingerprint density at radius 1 is 1.09 bits per heavy atom. The van der Waals surface area contributed by atoms with Crippen LogP contribution in [0.2, 0.25) is 5.02 Å². The van der Waals surface area contributed by atoms with E-state index in [1.165, 1.54) is 12.8 Å². The summed E-state index contributed by atoms with van der Waals surface area (Å²) in [5, 5.41) is 7.31. The Kier molecular flexibility index (Phi) is 6.01. The second-order valence-electron chi connectivity index (χ2n) is 5.44. The van der Waals surface area contributed by atoms with Crippen LogP contribution >= 0.6 is 11.6 Å². The molecule has 0 amide bonds. The number of nitrogens with one attached hydrogen (secondary N) is 2. The molecular formula is C17H23ClN4. The van der Waals surface area contributed by atoms with Gasteiger partial charge in [-0.2, -0.15) is 4.98 Å². The molecule has 2 N–H and O–H groups in total. The zero-order valence-electron chi connectivity index (χ0n) is 13.4. The van der Waals surface area contributed by atoms with Gasteiger partial charge in [0.25, 0.3) is 0 Å². The molecule has 0 saturated heterocycles. The van der Waals surface area contributed by atoms with E-state index in [1.807, 2.05) is 38.1 Å². The van der Waals surface area contributed by atoms with Gasteiger partial charge in [0.15, 0.2) is 0 Å². The number of aromatic nitrogens is 2. The summed E-state index contributed by atoms with van der Waals surface area (Å²) in [7, 11) is 0. The molecule has 0 saturated carbocycles. The van der Waals surface area contributed by atoms with Crippen LogP contribution in [0.4, 0.5) is 17.5 Å². The molecule has 0 radical (unpaired) electrons. The van der Waals surface area contributed by atoms with Gasteiger partial charge in [-0.3, -0.25) is 0 Å². The third-order valence-corrected chi connectivity index (χ3v) is 3.62. The Morgan fingerprint density at radius 2 is 1.91 bits per heavy atom. The first kappa shape index (κ1) is 16.6. The van der Waals surface area contributed by atoms with Crippen molar-refractivity contribution in [2.45, 2.75) is 40.0 Å². The fraction of sp³-hybridized carbons (Fsp3) is 0.412. The van der Waals surface area contributed by atoms with Gasteiger partial charge < -0.3 is 10.6 Å². The summed E-state index contributed by atoms with van der Waals surface area (Å²) in [6.07, 6.45) is 3.55. The molecule has 4 nitrogen and oxygen atoms in total. The highest BCUT2D eigenvalue weighted by molar-refractivity contribution is 6.30. The number of halogens is 1. The second kappa shape index (κ2) is 7.99. The molecule has 0 unspecified atom stereocenters. The topological polar surface area (TPSA) is 49.8 Å². The van der Waals surface area contributed by atoms with E-state index in [2.05, 4.69) is 27.5 Å². The molecule has 2 aromatic rings. The summed E-state index contributed by atoms with van der Waals surface area (Å²) in [5.41, 5.74) is 3.01. The molecule has 0 bridgehead atoms. The Morgan fingerprint density at radius 3 is 2.68 bits per heavy atom. The molecule has 2 rings (SSSR count). The van der Waals surface area contributed by atoms with Crippen LogP contribution in [0.5, 0.6) is 0 Å². The molecule has 0 spiro atoms. The second-order valence-corrected chi connectivity index (χ2v) is 5.87. The first-order valence-corrected chi connectivity index (χ1v) is 8.09. The molecule has 22 heavy (non-hydrogen) atoms. The van der Waals surface area contributed by atoms with Gasteiger partial charge in [0, 0.05) is 29.0 Å². The smallest absolute Gasteiger partial charge is 0.224 e. The lowest BCUT2D eigenvalue weighted by molar-refractivity contribution is 0.740. The van der Waals surface area contributed by atoms with Crippen LogP contribution in [0.25, 0.3) is 0 Å². The Labute approximate surface area is 137 Å². The zero-order chi connectivity index (χ0) is 15.9. The van der Waals surface area contributed by atoms with Gasteiger partial charge in [-0.15, -0.1) is 0 Å². The third-order valence-electron chi connectivity index (χ3n) is 3.38. The van der Waals surface area contributed by atoms with Crippen LogP contribution in [-0.4, -0.2) is 16.5 Å². The number of hydrogen-bond donors (Lipinski definition) is 2. The van der Waals surface area contributed by atoms with Crippen molar-refractivity contribution in [3.8, 4) is 0 Å². The molecule has 118 valence electrons. The van der Waals surface area contributed by atoms with E-state index in [9.17, 15) is 0 Å². The molecule has 5 heteroatoms. The molecule has 1 heterocycles. The quantitative estimate of drug-likeness (QED) is 0.698. The number of benzene rings is 1. The van der Waals surface area contributed by atoms with Gasteiger partial charge in [0.2, 0.25) is 5.95 Å². The van der Waals surface area contributed by atoms with Gasteiger partial charge in [-0.1, -0.05) is 37.4 Å². The Balaban J connectivity index is 2.10. The van der Waals surface area contributed by atoms with E-state index < -0.39 is 0 Å². The number of unbranched alkanes of at least 4 members (excludes halogenated alkanes) is 2. The number of hydrogen-bond acceptors (Lipinski definition) is 4. The van der Waals surface area contributed by atoms with Crippen molar-refractivity contribution in [2.24, 2.45) is 0 Å². The van der Waals surface area contributed by atoms with Crippen LogP contribution < -0.4 is 10.6 Å². The highest BCUT2D eigenvalue weighted by Crippen LogP contribution is 2.24. The first-order valence-electron chi connectivity index (χ1n) is 7.71. The highest BCUT2D eigenvalue weighted by atomic mass is 35.5. The van der Waals surface area contributed by atoms with Gasteiger partial charge in [-0.25, -0.2) is 4.98 Å². The minimum absolute atomic E-state index is 0.665. The van der Waals surface area contributed by atoms with Crippen LogP contribution in [0, 0.1) is 13.8 Å². The fourth-order valence-electron chi connectivity index (χ4n) is 2.15. The predicted octanol–water partition coefficient (Wildman–Crippen LogP) is 5.09. The summed E-state index contributed by atoms with van der Waals surface area (Å²) >= 11 is 6.06. The monoisotopic (exact) mass is 318 g/mol. The summed E-state index contributed by atoms with van der Waals surface area (Å²) < 4.78 is 0. The minimum Gasteiger partial charge on any atom is -0.354 e. The minimum atomic E-state index is 0.665. The van der Waals surface area contributed by atoms with E-state index in [-0.39, 0.29) is 0 Å². The average molecular weight is 319 g/mol. The maximum Gasteiger partial charge on any atom is 0.224 e.